The second-order valence-corrected chi connectivity index (χ2v) is 4.89. The summed E-state index contributed by atoms with van der Waals surface area (Å²) in [7, 11) is 1.58. The van der Waals surface area contributed by atoms with Crippen LogP contribution in [0.2, 0.25) is 0 Å². The monoisotopic (exact) mass is 296 g/mol. The summed E-state index contributed by atoms with van der Waals surface area (Å²) >= 11 is 0. The molecule has 0 saturated heterocycles. The summed E-state index contributed by atoms with van der Waals surface area (Å²) in [5.41, 5.74) is 7.58. The molecule has 0 saturated carbocycles. The van der Waals surface area contributed by atoms with Crippen LogP contribution >= 0.6 is 0 Å². The quantitative estimate of drug-likeness (QED) is 0.909. The van der Waals surface area contributed by atoms with Gasteiger partial charge in [-0.25, -0.2) is 0 Å². The summed E-state index contributed by atoms with van der Waals surface area (Å²) in [5, 5.41) is 3.11. The van der Waals surface area contributed by atoms with Crippen LogP contribution < -0.4 is 20.5 Å². The first-order valence-electron chi connectivity index (χ1n) is 6.88. The van der Waals surface area contributed by atoms with Gasteiger partial charge in [0.25, 0.3) is 0 Å². The molecule has 22 heavy (non-hydrogen) atoms. The van der Waals surface area contributed by atoms with Gasteiger partial charge >= 0.3 is 0 Å². The number of carbonyl (C=O) groups is 1. The molecule has 5 heteroatoms. The van der Waals surface area contributed by atoms with Gasteiger partial charge in [0.05, 0.1) is 12.7 Å². The number of hydrogen-bond donors (Lipinski definition) is 2. The Morgan fingerprint density at radius 1 is 1.18 bits per heavy atom. The molecule has 1 heterocycles. The van der Waals surface area contributed by atoms with Crippen molar-refractivity contribution in [3.63, 3.8) is 0 Å². The van der Waals surface area contributed by atoms with Crippen molar-refractivity contribution < 1.29 is 14.3 Å². The molecule has 1 aliphatic rings. The number of fused-ring (bicyclic) bond motifs is 1. The molecule has 0 radical (unpaired) electrons. The van der Waals surface area contributed by atoms with Crippen LogP contribution in [0, 0.1) is 0 Å². The summed E-state index contributed by atoms with van der Waals surface area (Å²) in [4.78, 5) is 11.7. The molecule has 0 aromatic heterocycles. The number of carbonyl (C=O) groups excluding carboxylic acids is 1. The number of primary amides is 1. The average Bonchev–Trinajstić information content (AvgIpc) is 2.54. The molecular formula is C17H16N2O3. The highest BCUT2D eigenvalue weighted by Gasteiger charge is 2.26. The lowest BCUT2D eigenvalue weighted by Crippen LogP contribution is -2.26. The number of rotatable bonds is 4. The molecule has 3 N–H and O–H groups in total. The number of anilines is 1. The van der Waals surface area contributed by atoms with Crippen LogP contribution in [0.1, 0.15) is 5.56 Å². The van der Waals surface area contributed by atoms with Crippen molar-refractivity contribution in [2.24, 2.45) is 5.73 Å². The third-order valence-corrected chi connectivity index (χ3v) is 3.45. The fourth-order valence-electron chi connectivity index (χ4n) is 2.36. The number of amides is 1. The van der Waals surface area contributed by atoms with Gasteiger partial charge in [-0.2, -0.15) is 0 Å². The first-order chi connectivity index (χ1) is 10.7. The Balaban J connectivity index is 1.99. The van der Waals surface area contributed by atoms with Gasteiger partial charge in [0.2, 0.25) is 11.8 Å². The standard InChI is InChI=1S/C17H16N2O3/c1-21-14-9-5-6-11-10-13(16(18)20)17(22-15(11)14)19-12-7-3-2-4-8-12/h2-9,19H,10H2,1H3,(H2,18,20). The van der Waals surface area contributed by atoms with Gasteiger partial charge in [-0.1, -0.05) is 30.3 Å². The van der Waals surface area contributed by atoms with Crippen molar-refractivity contribution in [1.29, 1.82) is 0 Å². The third kappa shape index (κ3) is 2.61. The second-order valence-electron chi connectivity index (χ2n) is 4.89. The van der Waals surface area contributed by atoms with E-state index in [4.69, 9.17) is 15.2 Å². The molecule has 1 amide bonds. The van der Waals surface area contributed by atoms with Gasteiger partial charge in [0.1, 0.15) is 0 Å². The van der Waals surface area contributed by atoms with E-state index >= 15 is 0 Å². The maximum absolute atomic E-state index is 11.7. The molecule has 2 aromatic carbocycles. The highest BCUT2D eigenvalue weighted by molar-refractivity contribution is 5.94. The number of hydrogen-bond acceptors (Lipinski definition) is 4. The first-order valence-corrected chi connectivity index (χ1v) is 6.88. The SMILES string of the molecule is COc1cccc2c1OC(Nc1ccccc1)=C(C(N)=O)C2. The Kier molecular flexibility index (Phi) is 3.70. The van der Waals surface area contributed by atoms with E-state index in [0.29, 0.717) is 29.4 Å². The maximum Gasteiger partial charge on any atom is 0.250 e. The molecule has 0 aliphatic carbocycles. The minimum atomic E-state index is -0.507. The Hall–Kier alpha value is -2.95. The van der Waals surface area contributed by atoms with Crippen molar-refractivity contribution in [1.82, 2.24) is 0 Å². The van der Waals surface area contributed by atoms with Gasteiger partial charge in [0.15, 0.2) is 11.5 Å². The second kappa shape index (κ2) is 5.81. The fraction of sp³-hybridized carbons (Fsp3) is 0.118. The van der Waals surface area contributed by atoms with Gasteiger partial charge in [-0.05, 0) is 18.2 Å². The van der Waals surface area contributed by atoms with Gasteiger partial charge in [-0.3, -0.25) is 4.79 Å². The molecule has 1 aliphatic heterocycles. The molecule has 3 rings (SSSR count). The van der Waals surface area contributed by atoms with Crippen LogP contribution in [0.15, 0.2) is 60.0 Å². The van der Waals surface area contributed by atoms with Gasteiger partial charge in [-0.15, -0.1) is 0 Å². The summed E-state index contributed by atoms with van der Waals surface area (Å²) in [6, 6.07) is 15.0. The Morgan fingerprint density at radius 2 is 1.95 bits per heavy atom. The molecule has 112 valence electrons. The molecule has 0 spiro atoms. The van der Waals surface area contributed by atoms with Crippen LogP contribution in [-0.2, 0) is 11.2 Å². The van der Waals surface area contributed by atoms with Crippen molar-refractivity contribution in [3.8, 4) is 11.5 Å². The van der Waals surface area contributed by atoms with Crippen LogP contribution in [-0.4, -0.2) is 13.0 Å². The number of methoxy groups -OCH3 is 1. The number of benzene rings is 2. The van der Waals surface area contributed by atoms with E-state index in [1.807, 2.05) is 48.5 Å². The van der Waals surface area contributed by atoms with E-state index in [1.165, 1.54) is 0 Å². The Labute approximate surface area is 128 Å². The van der Waals surface area contributed by atoms with E-state index in [-0.39, 0.29) is 0 Å². The first kappa shape index (κ1) is 14.0. The summed E-state index contributed by atoms with van der Waals surface area (Å²) in [6.07, 6.45) is 0.400. The minimum absolute atomic E-state index is 0.343. The molecule has 0 fully saturated rings. The normalized spacial score (nSPS) is 13.1. The zero-order valence-corrected chi connectivity index (χ0v) is 12.1. The van der Waals surface area contributed by atoms with E-state index in [2.05, 4.69) is 5.32 Å². The number of para-hydroxylation sites is 2. The number of ether oxygens (including phenoxy) is 2. The van der Waals surface area contributed by atoms with E-state index in [0.717, 1.165) is 11.3 Å². The summed E-state index contributed by atoms with van der Waals surface area (Å²) in [5.74, 6) is 1.06. The smallest absolute Gasteiger partial charge is 0.250 e. The van der Waals surface area contributed by atoms with Crippen molar-refractivity contribution >= 4 is 11.6 Å². The number of nitrogens with one attached hydrogen (secondary N) is 1. The van der Waals surface area contributed by atoms with Crippen LogP contribution in [0.4, 0.5) is 5.69 Å². The van der Waals surface area contributed by atoms with E-state index in [9.17, 15) is 4.79 Å². The molecule has 5 nitrogen and oxygen atoms in total. The molecular weight excluding hydrogens is 280 g/mol. The lowest BCUT2D eigenvalue weighted by atomic mass is 10.0. The Bertz CT molecular complexity index is 739. The maximum atomic E-state index is 11.7. The van der Waals surface area contributed by atoms with Crippen molar-refractivity contribution in [2.45, 2.75) is 6.42 Å². The minimum Gasteiger partial charge on any atom is -0.493 e. The Morgan fingerprint density at radius 3 is 2.64 bits per heavy atom. The molecule has 2 aromatic rings. The zero-order valence-electron chi connectivity index (χ0n) is 12.1. The molecule has 0 bridgehead atoms. The topological polar surface area (TPSA) is 73.6 Å². The molecule has 0 atom stereocenters. The van der Waals surface area contributed by atoms with Gasteiger partial charge < -0.3 is 20.5 Å². The zero-order chi connectivity index (χ0) is 15.5. The van der Waals surface area contributed by atoms with Crippen LogP contribution in [0.3, 0.4) is 0 Å². The van der Waals surface area contributed by atoms with Crippen LogP contribution in [0.25, 0.3) is 0 Å². The van der Waals surface area contributed by atoms with E-state index < -0.39 is 5.91 Å². The largest absolute Gasteiger partial charge is 0.493 e. The highest BCUT2D eigenvalue weighted by Crippen LogP contribution is 2.38. The summed E-state index contributed by atoms with van der Waals surface area (Å²) < 4.78 is 11.2. The predicted molar refractivity (Wildman–Crippen MR) is 83.6 cm³/mol. The predicted octanol–water partition coefficient (Wildman–Crippen LogP) is 2.44. The lowest BCUT2D eigenvalue weighted by Gasteiger charge is -2.24. The van der Waals surface area contributed by atoms with E-state index in [1.54, 1.807) is 7.11 Å². The van der Waals surface area contributed by atoms with Crippen LogP contribution in [0.5, 0.6) is 11.5 Å². The van der Waals surface area contributed by atoms with Crippen molar-refractivity contribution in [2.75, 3.05) is 12.4 Å². The highest BCUT2D eigenvalue weighted by atomic mass is 16.5. The lowest BCUT2D eigenvalue weighted by molar-refractivity contribution is -0.114. The van der Waals surface area contributed by atoms with Crippen molar-refractivity contribution in [3.05, 3.63) is 65.6 Å². The van der Waals surface area contributed by atoms with Gasteiger partial charge in [0, 0.05) is 17.7 Å². The third-order valence-electron chi connectivity index (χ3n) is 3.45. The number of nitrogens with two attached hydrogens (primary N) is 1. The fourth-order valence-corrected chi connectivity index (χ4v) is 2.36. The molecule has 0 unspecified atom stereocenters. The average molecular weight is 296 g/mol. The summed E-state index contributed by atoms with van der Waals surface area (Å²) in [6.45, 7) is 0.